The second-order valence-electron chi connectivity index (χ2n) is 8.07. The summed E-state index contributed by atoms with van der Waals surface area (Å²) in [6, 6.07) is 12.2. The molecule has 1 N–H and O–H groups in total. The highest BCUT2D eigenvalue weighted by molar-refractivity contribution is 5.86. The fourth-order valence-electron chi connectivity index (χ4n) is 4.43. The molecule has 0 unspecified atom stereocenters. The molecule has 1 aliphatic heterocycles. The lowest BCUT2D eigenvalue weighted by Crippen LogP contribution is -2.54. The summed E-state index contributed by atoms with van der Waals surface area (Å²) in [4.78, 5) is 31.9. The van der Waals surface area contributed by atoms with E-state index >= 15 is 0 Å². The highest BCUT2D eigenvalue weighted by atomic mass is 16.2. The van der Waals surface area contributed by atoms with Crippen LogP contribution in [0, 0.1) is 11.3 Å². The molecule has 4 rings (SSSR count). The van der Waals surface area contributed by atoms with Gasteiger partial charge in [-0.05, 0) is 49.3 Å². The van der Waals surface area contributed by atoms with Crippen LogP contribution in [0.25, 0.3) is 11.1 Å². The van der Waals surface area contributed by atoms with Gasteiger partial charge in [0, 0.05) is 44.0 Å². The Balaban J connectivity index is 1.66. The molecule has 5 heteroatoms. The van der Waals surface area contributed by atoms with Crippen LogP contribution in [0.5, 0.6) is 0 Å². The predicted octanol–water partition coefficient (Wildman–Crippen LogP) is 3.06. The molecule has 0 radical (unpaired) electrons. The van der Waals surface area contributed by atoms with E-state index in [4.69, 9.17) is 0 Å². The van der Waals surface area contributed by atoms with Crippen molar-refractivity contribution in [2.75, 3.05) is 20.1 Å². The zero-order chi connectivity index (χ0) is 19.6. The Labute approximate surface area is 166 Å². The van der Waals surface area contributed by atoms with Gasteiger partial charge in [-0.25, -0.2) is 0 Å². The Morgan fingerprint density at radius 1 is 1.21 bits per heavy atom. The summed E-state index contributed by atoms with van der Waals surface area (Å²) >= 11 is 0. The summed E-state index contributed by atoms with van der Waals surface area (Å²) < 4.78 is 0. The molecule has 1 aromatic heterocycles. The first kappa shape index (κ1) is 18.7. The van der Waals surface area contributed by atoms with E-state index in [1.165, 1.54) is 0 Å². The van der Waals surface area contributed by atoms with Crippen LogP contribution >= 0.6 is 0 Å². The van der Waals surface area contributed by atoms with Crippen LogP contribution in [0.3, 0.4) is 0 Å². The van der Waals surface area contributed by atoms with Crippen LogP contribution in [0.4, 0.5) is 0 Å². The van der Waals surface area contributed by atoms with Crippen molar-refractivity contribution in [3.8, 4) is 11.1 Å². The molecule has 1 aromatic carbocycles. The van der Waals surface area contributed by atoms with Crippen molar-refractivity contribution in [3.63, 3.8) is 0 Å². The molecule has 0 bridgehead atoms. The predicted molar refractivity (Wildman–Crippen MR) is 108 cm³/mol. The Hall–Kier alpha value is -2.69. The third-order valence-corrected chi connectivity index (χ3v) is 6.04. The van der Waals surface area contributed by atoms with Crippen LogP contribution in [0.2, 0.25) is 0 Å². The van der Waals surface area contributed by atoms with E-state index in [-0.39, 0.29) is 17.7 Å². The Morgan fingerprint density at radius 3 is 2.75 bits per heavy atom. The topological polar surface area (TPSA) is 62.3 Å². The van der Waals surface area contributed by atoms with Crippen molar-refractivity contribution in [2.45, 2.75) is 32.1 Å². The number of nitrogens with zero attached hydrogens (tertiary/aromatic N) is 2. The average Bonchev–Trinajstić information content (AvgIpc) is 3.59. The van der Waals surface area contributed by atoms with Gasteiger partial charge in [-0.2, -0.15) is 0 Å². The van der Waals surface area contributed by atoms with E-state index in [0.29, 0.717) is 13.0 Å². The third kappa shape index (κ3) is 3.66. The minimum Gasteiger partial charge on any atom is -0.359 e. The molecule has 2 fully saturated rings. The van der Waals surface area contributed by atoms with Crippen molar-refractivity contribution in [3.05, 3.63) is 54.4 Å². The third-order valence-electron chi connectivity index (χ3n) is 6.04. The summed E-state index contributed by atoms with van der Waals surface area (Å²) in [5, 5.41) is 2.87. The highest BCUT2D eigenvalue weighted by Crippen LogP contribution is 2.39. The number of carbonyl (C=O) groups excluding carboxylic acids is 2. The monoisotopic (exact) mass is 377 g/mol. The molecule has 1 aliphatic carbocycles. The summed E-state index contributed by atoms with van der Waals surface area (Å²) in [5.41, 5.74) is 2.69. The quantitative estimate of drug-likeness (QED) is 0.871. The molecule has 1 saturated heterocycles. The van der Waals surface area contributed by atoms with Crippen molar-refractivity contribution in [1.29, 1.82) is 0 Å². The van der Waals surface area contributed by atoms with Gasteiger partial charge in [-0.3, -0.25) is 14.6 Å². The Bertz CT molecular complexity index is 863. The number of hydrogen-bond acceptors (Lipinski definition) is 3. The van der Waals surface area contributed by atoms with E-state index in [1.807, 2.05) is 35.4 Å². The normalized spacial score (nSPS) is 22.0. The van der Waals surface area contributed by atoms with Gasteiger partial charge in [-0.1, -0.05) is 30.3 Å². The number of aromatic nitrogens is 1. The Kier molecular flexibility index (Phi) is 5.16. The lowest BCUT2D eigenvalue weighted by atomic mass is 9.73. The van der Waals surface area contributed by atoms with Gasteiger partial charge >= 0.3 is 0 Å². The molecule has 2 aliphatic rings. The molecule has 5 nitrogen and oxygen atoms in total. The summed E-state index contributed by atoms with van der Waals surface area (Å²) in [6.45, 7) is 1.27. The number of amides is 2. The largest absolute Gasteiger partial charge is 0.359 e. The van der Waals surface area contributed by atoms with E-state index < -0.39 is 5.41 Å². The van der Waals surface area contributed by atoms with Crippen LogP contribution < -0.4 is 5.32 Å². The van der Waals surface area contributed by atoms with E-state index in [9.17, 15) is 9.59 Å². The number of nitrogens with one attached hydrogen (secondary N) is 1. The molecule has 2 aromatic rings. The number of benzene rings is 1. The van der Waals surface area contributed by atoms with Gasteiger partial charge in [0.2, 0.25) is 11.8 Å². The molecule has 0 spiro atoms. The maximum Gasteiger partial charge on any atom is 0.228 e. The number of likely N-dealkylation sites (tertiary alicyclic amines) is 1. The zero-order valence-electron chi connectivity index (χ0n) is 16.4. The van der Waals surface area contributed by atoms with E-state index in [2.05, 4.69) is 22.4 Å². The molecule has 2 heterocycles. The number of hydrogen-bond donors (Lipinski definition) is 1. The number of carbonyl (C=O) groups is 2. The van der Waals surface area contributed by atoms with Gasteiger partial charge in [0.15, 0.2) is 0 Å². The van der Waals surface area contributed by atoms with Gasteiger partial charge in [0.05, 0.1) is 5.41 Å². The minimum atomic E-state index is -0.587. The van der Waals surface area contributed by atoms with Crippen LogP contribution in [-0.4, -0.2) is 41.8 Å². The van der Waals surface area contributed by atoms with E-state index in [0.717, 1.165) is 48.9 Å². The average molecular weight is 377 g/mol. The summed E-state index contributed by atoms with van der Waals surface area (Å²) in [5.74, 6) is 0.443. The minimum absolute atomic E-state index is 0.0294. The first-order valence-corrected chi connectivity index (χ1v) is 10.1. The fourth-order valence-corrected chi connectivity index (χ4v) is 4.43. The highest BCUT2D eigenvalue weighted by Gasteiger charge is 2.45. The summed E-state index contributed by atoms with van der Waals surface area (Å²) in [7, 11) is 1.69. The maximum absolute atomic E-state index is 13.0. The number of rotatable bonds is 5. The molecular weight excluding hydrogens is 350 g/mol. The van der Waals surface area contributed by atoms with Gasteiger partial charge in [0.25, 0.3) is 0 Å². The molecule has 2 amide bonds. The number of piperidine rings is 1. The Morgan fingerprint density at radius 2 is 2.04 bits per heavy atom. The van der Waals surface area contributed by atoms with Gasteiger partial charge in [-0.15, -0.1) is 0 Å². The molecule has 1 atom stereocenters. The fraction of sp³-hybridized carbons (Fsp3) is 0.435. The second kappa shape index (κ2) is 7.74. The van der Waals surface area contributed by atoms with Crippen molar-refractivity contribution in [2.24, 2.45) is 11.3 Å². The van der Waals surface area contributed by atoms with Crippen molar-refractivity contribution in [1.82, 2.24) is 15.2 Å². The van der Waals surface area contributed by atoms with Gasteiger partial charge < -0.3 is 10.2 Å². The lowest BCUT2D eigenvalue weighted by Gasteiger charge is -2.42. The summed E-state index contributed by atoms with van der Waals surface area (Å²) in [6.07, 6.45) is 7.88. The molecular formula is C23H27N3O2. The number of pyridine rings is 1. The maximum atomic E-state index is 13.0. The van der Waals surface area contributed by atoms with Crippen molar-refractivity contribution >= 4 is 11.8 Å². The van der Waals surface area contributed by atoms with Crippen molar-refractivity contribution < 1.29 is 9.59 Å². The van der Waals surface area contributed by atoms with Gasteiger partial charge in [0.1, 0.15) is 0 Å². The zero-order valence-corrected chi connectivity index (χ0v) is 16.4. The second-order valence-corrected chi connectivity index (χ2v) is 8.07. The first-order valence-electron chi connectivity index (χ1n) is 10.1. The van der Waals surface area contributed by atoms with Crippen LogP contribution in [0.15, 0.2) is 48.8 Å². The standard InChI is InChI=1S/C23H27N3O2/c1-24-22(28)23(11-5-13-26(16-23)21(27)17-9-10-17)14-18-6-2-3-8-20(18)19-7-4-12-25-15-19/h2-4,6-8,12,15,17H,5,9-11,13-14,16H2,1H3,(H,24,28)/t23-/m0/s1. The smallest absolute Gasteiger partial charge is 0.228 e. The van der Waals surface area contributed by atoms with Crippen LogP contribution in [-0.2, 0) is 16.0 Å². The van der Waals surface area contributed by atoms with E-state index in [1.54, 1.807) is 13.2 Å². The SMILES string of the molecule is CNC(=O)[C@]1(Cc2ccccc2-c2cccnc2)CCCN(C(=O)C2CC2)C1. The molecule has 28 heavy (non-hydrogen) atoms. The van der Waals surface area contributed by atoms with Crippen LogP contribution in [0.1, 0.15) is 31.2 Å². The first-order chi connectivity index (χ1) is 13.6. The lowest BCUT2D eigenvalue weighted by molar-refractivity contribution is -0.142. The molecule has 1 saturated carbocycles. The molecule has 146 valence electrons.